The zero-order valence-corrected chi connectivity index (χ0v) is 8.95. The van der Waals surface area contributed by atoms with Gasteiger partial charge in [-0.15, -0.1) is 0 Å². The summed E-state index contributed by atoms with van der Waals surface area (Å²) in [6, 6.07) is 14.1. The third kappa shape index (κ3) is 1.52. The van der Waals surface area contributed by atoms with Gasteiger partial charge in [0.1, 0.15) is 0 Å². The fourth-order valence-corrected chi connectivity index (χ4v) is 1.87. The highest BCUT2D eigenvalue weighted by molar-refractivity contribution is 14.1. The van der Waals surface area contributed by atoms with Crippen LogP contribution < -0.4 is 0 Å². The molecule has 0 saturated carbocycles. The van der Waals surface area contributed by atoms with Crippen LogP contribution in [0.15, 0.2) is 36.4 Å². The first-order chi connectivity index (χ1) is 6.31. The topological polar surface area (TPSA) is 23.8 Å². The van der Waals surface area contributed by atoms with Gasteiger partial charge in [-0.3, -0.25) is 0 Å². The Morgan fingerprint density at radius 1 is 1.15 bits per heavy atom. The molecule has 0 spiro atoms. The molecule has 0 aliphatic rings. The van der Waals surface area contributed by atoms with Gasteiger partial charge in [0.25, 0.3) is 0 Å². The summed E-state index contributed by atoms with van der Waals surface area (Å²) in [6.07, 6.45) is 0. The van der Waals surface area contributed by atoms with Crippen molar-refractivity contribution in [3.63, 3.8) is 0 Å². The zero-order chi connectivity index (χ0) is 9.26. The second-order valence-corrected chi connectivity index (χ2v) is 4.03. The predicted octanol–water partition coefficient (Wildman–Crippen LogP) is 3.32. The number of nitriles is 1. The molecule has 0 aliphatic heterocycles. The summed E-state index contributed by atoms with van der Waals surface area (Å²) in [6.45, 7) is 0. The standard InChI is InChI=1S/C11H6IN/c12-10-4-5-11-8(6-10)2-1-3-9(11)7-13/h1-6H. The second kappa shape index (κ2) is 3.35. The van der Waals surface area contributed by atoms with E-state index < -0.39 is 0 Å². The highest BCUT2D eigenvalue weighted by atomic mass is 127. The lowest BCUT2D eigenvalue weighted by atomic mass is 10.1. The lowest BCUT2D eigenvalue weighted by molar-refractivity contribution is 1.50. The lowest BCUT2D eigenvalue weighted by Gasteiger charge is -1.99. The highest BCUT2D eigenvalue weighted by Crippen LogP contribution is 2.20. The molecule has 1 nitrogen and oxygen atoms in total. The number of benzene rings is 2. The second-order valence-electron chi connectivity index (χ2n) is 2.78. The van der Waals surface area contributed by atoms with Crippen LogP contribution in [0.2, 0.25) is 0 Å². The van der Waals surface area contributed by atoms with E-state index in [0.717, 1.165) is 16.3 Å². The molecule has 2 heteroatoms. The van der Waals surface area contributed by atoms with E-state index in [-0.39, 0.29) is 0 Å². The monoisotopic (exact) mass is 279 g/mol. The van der Waals surface area contributed by atoms with Gasteiger partial charge in [-0.2, -0.15) is 5.26 Å². The van der Waals surface area contributed by atoms with Crippen molar-refractivity contribution in [2.45, 2.75) is 0 Å². The number of hydrogen-bond acceptors (Lipinski definition) is 1. The summed E-state index contributed by atoms with van der Waals surface area (Å²) in [5.74, 6) is 0. The maximum absolute atomic E-state index is 8.85. The summed E-state index contributed by atoms with van der Waals surface area (Å²) >= 11 is 2.27. The maximum Gasteiger partial charge on any atom is 0.0998 e. The van der Waals surface area contributed by atoms with Crippen molar-refractivity contribution >= 4 is 33.4 Å². The van der Waals surface area contributed by atoms with Crippen molar-refractivity contribution in [3.8, 4) is 6.07 Å². The summed E-state index contributed by atoms with van der Waals surface area (Å²) in [7, 11) is 0. The Kier molecular flexibility index (Phi) is 2.19. The van der Waals surface area contributed by atoms with E-state index in [1.54, 1.807) is 0 Å². The molecule has 0 bridgehead atoms. The summed E-state index contributed by atoms with van der Waals surface area (Å²) in [4.78, 5) is 0. The van der Waals surface area contributed by atoms with Crippen LogP contribution in [0.5, 0.6) is 0 Å². The Morgan fingerprint density at radius 2 is 2.00 bits per heavy atom. The molecule has 0 atom stereocenters. The molecule has 0 N–H and O–H groups in total. The third-order valence-electron chi connectivity index (χ3n) is 1.96. The van der Waals surface area contributed by atoms with Crippen LogP contribution >= 0.6 is 22.6 Å². The average molecular weight is 279 g/mol. The van der Waals surface area contributed by atoms with Gasteiger partial charge in [0.15, 0.2) is 0 Å². The molecule has 0 heterocycles. The van der Waals surface area contributed by atoms with Crippen molar-refractivity contribution < 1.29 is 0 Å². The van der Waals surface area contributed by atoms with Crippen molar-refractivity contribution in [2.75, 3.05) is 0 Å². The van der Waals surface area contributed by atoms with Gasteiger partial charge in [0.2, 0.25) is 0 Å². The van der Waals surface area contributed by atoms with Gasteiger partial charge in [-0.1, -0.05) is 18.2 Å². The molecule has 0 amide bonds. The first kappa shape index (κ1) is 8.52. The maximum atomic E-state index is 8.85. The average Bonchev–Trinajstić information content (AvgIpc) is 2.16. The van der Waals surface area contributed by atoms with E-state index in [4.69, 9.17) is 5.26 Å². The Labute approximate surface area is 90.1 Å². The van der Waals surface area contributed by atoms with Crippen molar-refractivity contribution in [1.29, 1.82) is 5.26 Å². The van der Waals surface area contributed by atoms with E-state index in [1.807, 2.05) is 30.3 Å². The van der Waals surface area contributed by atoms with E-state index in [9.17, 15) is 0 Å². The van der Waals surface area contributed by atoms with Crippen LogP contribution in [0.1, 0.15) is 5.56 Å². The smallest absolute Gasteiger partial charge is 0.0998 e. The zero-order valence-electron chi connectivity index (χ0n) is 6.79. The molecule has 0 saturated heterocycles. The van der Waals surface area contributed by atoms with Crippen LogP contribution in [0.3, 0.4) is 0 Å². The van der Waals surface area contributed by atoms with Crippen LogP contribution in [-0.2, 0) is 0 Å². The summed E-state index contributed by atoms with van der Waals surface area (Å²) in [5.41, 5.74) is 0.744. The molecule has 0 aromatic heterocycles. The number of nitrogens with zero attached hydrogens (tertiary/aromatic N) is 1. The van der Waals surface area contributed by atoms with Gasteiger partial charge in [0.05, 0.1) is 11.6 Å². The fourth-order valence-electron chi connectivity index (χ4n) is 1.35. The molecule has 0 fully saturated rings. The Balaban J connectivity index is 2.87. The number of fused-ring (bicyclic) bond motifs is 1. The lowest BCUT2D eigenvalue weighted by Crippen LogP contribution is -1.79. The molecule has 2 rings (SSSR count). The molecule has 62 valence electrons. The third-order valence-corrected chi connectivity index (χ3v) is 2.63. The predicted molar refractivity (Wildman–Crippen MR) is 61.4 cm³/mol. The summed E-state index contributed by atoms with van der Waals surface area (Å²) < 4.78 is 1.19. The van der Waals surface area contributed by atoms with Crippen LogP contribution in [0.4, 0.5) is 0 Å². The molecular formula is C11H6IN. The van der Waals surface area contributed by atoms with Gasteiger partial charge in [0, 0.05) is 3.57 Å². The van der Waals surface area contributed by atoms with Crippen molar-refractivity contribution in [3.05, 3.63) is 45.5 Å². The Hall–Kier alpha value is -1.08. The van der Waals surface area contributed by atoms with Gasteiger partial charge < -0.3 is 0 Å². The van der Waals surface area contributed by atoms with Crippen LogP contribution in [0, 0.1) is 14.9 Å². The number of rotatable bonds is 0. The first-order valence-corrected chi connectivity index (χ1v) is 4.97. The van der Waals surface area contributed by atoms with Crippen LogP contribution in [0.25, 0.3) is 10.8 Å². The number of halogens is 1. The van der Waals surface area contributed by atoms with Crippen LogP contribution in [-0.4, -0.2) is 0 Å². The summed E-state index contributed by atoms with van der Waals surface area (Å²) in [5, 5.41) is 11.0. The van der Waals surface area contributed by atoms with E-state index in [2.05, 4.69) is 34.7 Å². The minimum Gasteiger partial charge on any atom is -0.192 e. The Bertz CT molecular complexity index is 497. The molecule has 0 radical (unpaired) electrons. The van der Waals surface area contributed by atoms with E-state index >= 15 is 0 Å². The molecule has 2 aromatic rings. The minimum atomic E-state index is 0.744. The largest absolute Gasteiger partial charge is 0.192 e. The molecule has 13 heavy (non-hydrogen) atoms. The Morgan fingerprint density at radius 3 is 2.77 bits per heavy atom. The quantitative estimate of drug-likeness (QED) is 0.679. The SMILES string of the molecule is N#Cc1cccc2cc(I)ccc12. The normalized spacial score (nSPS) is 9.85. The van der Waals surface area contributed by atoms with Gasteiger partial charge >= 0.3 is 0 Å². The van der Waals surface area contributed by atoms with E-state index in [1.165, 1.54) is 3.57 Å². The fraction of sp³-hybridized carbons (Fsp3) is 0. The molecular weight excluding hydrogens is 273 g/mol. The van der Waals surface area contributed by atoms with Gasteiger partial charge in [-0.05, 0) is 51.6 Å². The highest BCUT2D eigenvalue weighted by Gasteiger charge is 1.98. The van der Waals surface area contributed by atoms with Crippen molar-refractivity contribution in [1.82, 2.24) is 0 Å². The molecule has 0 unspecified atom stereocenters. The van der Waals surface area contributed by atoms with E-state index in [0.29, 0.717) is 0 Å². The first-order valence-electron chi connectivity index (χ1n) is 3.89. The van der Waals surface area contributed by atoms with Gasteiger partial charge in [-0.25, -0.2) is 0 Å². The minimum absolute atomic E-state index is 0.744. The van der Waals surface area contributed by atoms with Crippen molar-refractivity contribution in [2.24, 2.45) is 0 Å². The molecule has 0 aliphatic carbocycles. The number of hydrogen-bond donors (Lipinski definition) is 0. The molecule has 2 aromatic carbocycles.